The van der Waals surface area contributed by atoms with E-state index in [1.54, 1.807) is 12.1 Å². The molecule has 0 radical (unpaired) electrons. The summed E-state index contributed by atoms with van der Waals surface area (Å²) in [5.41, 5.74) is 3.20. The van der Waals surface area contributed by atoms with E-state index >= 15 is 0 Å². The molecule has 0 aliphatic carbocycles. The number of nitrogens with one attached hydrogen (secondary N) is 1. The maximum Gasteiger partial charge on any atom is 0.235 e. The Labute approximate surface area is 217 Å². The van der Waals surface area contributed by atoms with E-state index in [9.17, 15) is 4.79 Å². The number of carbonyl (C=O) groups excluding carboxylic acids is 1. The summed E-state index contributed by atoms with van der Waals surface area (Å²) < 4.78 is 5.84. The van der Waals surface area contributed by atoms with E-state index < -0.39 is 5.41 Å². The SMILES string of the molecule is N#Cc1ccc(OCCCN2CCC(C3(Cc4cccc(Cl)c4)C(=O)Nc4ccccc43)CC2)cc1. The van der Waals surface area contributed by atoms with Crippen LogP contribution in [0, 0.1) is 17.2 Å². The van der Waals surface area contributed by atoms with E-state index in [-0.39, 0.29) is 11.8 Å². The third kappa shape index (κ3) is 4.97. The number of halogens is 1. The predicted molar refractivity (Wildman–Crippen MR) is 142 cm³/mol. The van der Waals surface area contributed by atoms with Crippen LogP contribution in [0.4, 0.5) is 5.69 Å². The maximum atomic E-state index is 13.6. The molecule has 0 aromatic heterocycles. The highest BCUT2D eigenvalue weighted by Gasteiger charge is 2.52. The molecule has 6 heteroatoms. The van der Waals surface area contributed by atoms with Gasteiger partial charge in [-0.05, 0) is 98.3 Å². The molecule has 0 bridgehead atoms. The molecule has 1 unspecified atom stereocenters. The lowest BCUT2D eigenvalue weighted by molar-refractivity contribution is -0.123. The summed E-state index contributed by atoms with van der Waals surface area (Å²) >= 11 is 6.30. The van der Waals surface area contributed by atoms with Gasteiger partial charge in [0.2, 0.25) is 5.91 Å². The summed E-state index contributed by atoms with van der Waals surface area (Å²) in [7, 11) is 0. The highest BCUT2D eigenvalue weighted by Crippen LogP contribution is 2.48. The molecular weight excluding hydrogens is 470 g/mol. The molecule has 3 aromatic rings. The van der Waals surface area contributed by atoms with E-state index in [1.807, 2.05) is 48.5 Å². The van der Waals surface area contributed by atoms with Crippen molar-refractivity contribution in [2.75, 3.05) is 31.6 Å². The zero-order chi connectivity index (χ0) is 25.0. The summed E-state index contributed by atoms with van der Waals surface area (Å²) in [6.45, 7) is 3.54. The minimum Gasteiger partial charge on any atom is -0.494 e. The number of likely N-dealkylation sites (tertiary alicyclic amines) is 1. The van der Waals surface area contributed by atoms with Crippen molar-refractivity contribution in [3.05, 3.63) is 94.5 Å². The normalized spacial score (nSPS) is 19.9. The molecule has 2 aliphatic heterocycles. The largest absolute Gasteiger partial charge is 0.494 e. The van der Waals surface area contributed by atoms with E-state index in [0.29, 0.717) is 23.6 Å². The van der Waals surface area contributed by atoms with Crippen LogP contribution < -0.4 is 10.1 Å². The molecule has 0 saturated carbocycles. The zero-order valence-corrected chi connectivity index (χ0v) is 21.0. The van der Waals surface area contributed by atoms with Gasteiger partial charge in [0.1, 0.15) is 5.75 Å². The minimum atomic E-state index is -0.577. The lowest BCUT2D eigenvalue weighted by atomic mass is 9.64. The molecular formula is C30H30ClN3O2. The second-order valence-corrected chi connectivity index (χ2v) is 10.2. The Kier molecular flexibility index (Phi) is 7.27. The number of para-hydroxylation sites is 1. The van der Waals surface area contributed by atoms with Crippen molar-refractivity contribution >= 4 is 23.2 Å². The van der Waals surface area contributed by atoms with Crippen molar-refractivity contribution in [2.45, 2.75) is 31.1 Å². The third-order valence-electron chi connectivity index (χ3n) is 7.59. The van der Waals surface area contributed by atoms with E-state index in [4.69, 9.17) is 21.6 Å². The van der Waals surface area contributed by atoms with Gasteiger partial charge in [-0.25, -0.2) is 0 Å². The Balaban J connectivity index is 1.23. The summed E-state index contributed by atoms with van der Waals surface area (Å²) in [4.78, 5) is 16.1. The van der Waals surface area contributed by atoms with Crippen molar-refractivity contribution in [3.8, 4) is 11.8 Å². The van der Waals surface area contributed by atoms with Gasteiger partial charge in [0, 0.05) is 17.3 Å². The van der Waals surface area contributed by atoms with Crippen LogP contribution in [0.15, 0.2) is 72.8 Å². The van der Waals surface area contributed by atoms with Gasteiger partial charge in [0.05, 0.1) is 23.7 Å². The molecule has 1 amide bonds. The fourth-order valence-electron chi connectivity index (χ4n) is 5.78. The van der Waals surface area contributed by atoms with Crippen LogP contribution in [0.5, 0.6) is 5.75 Å². The van der Waals surface area contributed by atoms with E-state index in [1.165, 1.54) is 0 Å². The first kappa shape index (κ1) is 24.4. The quantitative estimate of drug-likeness (QED) is 0.396. The van der Waals surface area contributed by atoms with Gasteiger partial charge in [0.25, 0.3) is 0 Å². The highest BCUT2D eigenvalue weighted by atomic mass is 35.5. The number of rotatable bonds is 8. The Morgan fingerprint density at radius 3 is 2.58 bits per heavy atom. The first-order valence-corrected chi connectivity index (χ1v) is 13.0. The number of piperidine rings is 1. The van der Waals surface area contributed by atoms with Gasteiger partial charge in [-0.3, -0.25) is 4.79 Å². The Bertz CT molecular complexity index is 1260. The van der Waals surface area contributed by atoms with Crippen molar-refractivity contribution in [1.82, 2.24) is 4.90 Å². The first-order chi connectivity index (χ1) is 17.6. The lowest BCUT2D eigenvalue weighted by Crippen LogP contribution is -2.49. The number of nitriles is 1. The average molecular weight is 500 g/mol. The van der Waals surface area contributed by atoms with Crippen LogP contribution in [0.1, 0.15) is 36.0 Å². The number of ether oxygens (including phenoxy) is 1. The maximum absolute atomic E-state index is 13.6. The molecule has 1 atom stereocenters. The van der Waals surface area contributed by atoms with Crippen LogP contribution >= 0.6 is 11.6 Å². The number of hydrogen-bond donors (Lipinski definition) is 1. The first-order valence-electron chi connectivity index (χ1n) is 12.6. The fraction of sp³-hybridized carbons (Fsp3) is 0.333. The van der Waals surface area contributed by atoms with Gasteiger partial charge in [-0.15, -0.1) is 0 Å². The summed E-state index contributed by atoms with van der Waals surface area (Å²) in [6, 6.07) is 25.4. The number of fused-ring (bicyclic) bond motifs is 1. The molecule has 5 nitrogen and oxygen atoms in total. The van der Waals surface area contributed by atoms with Gasteiger partial charge in [0.15, 0.2) is 0 Å². The summed E-state index contributed by atoms with van der Waals surface area (Å²) in [5, 5.41) is 12.8. The predicted octanol–water partition coefficient (Wildman–Crippen LogP) is 5.83. The van der Waals surface area contributed by atoms with Crippen molar-refractivity contribution in [3.63, 3.8) is 0 Å². The number of anilines is 1. The molecule has 2 heterocycles. The molecule has 2 aliphatic rings. The second-order valence-electron chi connectivity index (χ2n) is 9.73. The van der Waals surface area contributed by atoms with Crippen LogP contribution in [0.3, 0.4) is 0 Å². The smallest absolute Gasteiger partial charge is 0.235 e. The number of benzene rings is 3. The standard InChI is InChI=1S/C30H30ClN3O2/c31-25-6-3-5-23(19-25)20-30(27-7-1-2-8-28(27)33-29(30)35)24-13-16-34(17-14-24)15-4-18-36-26-11-9-22(21-32)10-12-26/h1-3,5-12,19,24H,4,13-18,20H2,(H,33,35). The molecule has 5 rings (SSSR count). The fourth-order valence-corrected chi connectivity index (χ4v) is 6.00. The Hall–Kier alpha value is -3.33. The third-order valence-corrected chi connectivity index (χ3v) is 7.82. The van der Waals surface area contributed by atoms with Crippen LogP contribution in [-0.2, 0) is 16.6 Å². The Morgan fingerprint density at radius 1 is 1.06 bits per heavy atom. The van der Waals surface area contributed by atoms with E-state index in [0.717, 1.165) is 61.5 Å². The topological polar surface area (TPSA) is 65.4 Å². The molecule has 3 aromatic carbocycles. The van der Waals surface area contributed by atoms with Gasteiger partial charge >= 0.3 is 0 Å². The molecule has 0 spiro atoms. The second kappa shape index (κ2) is 10.7. The van der Waals surface area contributed by atoms with Gasteiger partial charge in [-0.1, -0.05) is 41.9 Å². The summed E-state index contributed by atoms with van der Waals surface area (Å²) in [6.07, 6.45) is 3.53. The number of carbonyl (C=O) groups is 1. The number of amides is 1. The molecule has 1 fully saturated rings. The average Bonchev–Trinajstić information content (AvgIpc) is 3.19. The van der Waals surface area contributed by atoms with Crippen molar-refractivity contribution in [1.29, 1.82) is 5.26 Å². The zero-order valence-electron chi connectivity index (χ0n) is 20.3. The summed E-state index contributed by atoms with van der Waals surface area (Å²) in [5.74, 6) is 1.16. The minimum absolute atomic E-state index is 0.109. The van der Waals surface area contributed by atoms with Crippen molar-refractivity contribution in [2.24, 2.45) is 5.92 Å². The van der Waals surface area contributed by atoms with Crippen LogP contribution in [0.25, 0.3) is 0 Å². The van der Waals surface area contributed by atoms with Crippen LogP contribution in [0.2, 0.25) is 5.02 Å². The van der Waals surface area contributed by atoms with Gasteiger partial charge in [-0.2, -0.15) is 5.26 Å². The molecule has 1 N–H and O–H groups in total. The molecule has 1 saturated heterocycles. The van der Waals surface area contributed by atoms with Crippen LogP contribution in [-0.4, -0.2) is 37.0 Å². The van der Waals surface area contributed by atoms with E-state index in [2.05, 4.69) is 28.4 Å². The molecule has 36 heavy (non-hydrogen) atoms. The monoisotopic (exact) mass is 499 g/mol. The van der Waals surface area contributed by atoms with Crippen molar-refractivity contribution < 1.29 is 9.53 Å². The number of nitrogens with zero attached hydrogens (tertiary/aromatic N) is 2. The highest BCUT2D eigenvalue weighted by molar-refractivity contribution is 6.30. The van der Waals surface area contributed by atoms with Gasteiger partial charge < -0.3 is 15.0 Å². The molecule has 184 valence electrons. The Morgan fingerprint density at radius 2 is 1.83 bits per heavy atom. The lowest BCUT2D eigenvalue weighted by Gasteiger charge is -2.41. The number of hydrogen-bond acceptors (Lipinski definition) is 4.